The maximum Gasteiger partial charge on any atom is 0.183 e. The fraction of sp³-hybridized carbons (Fsp3) is 0.111. The molecule has 0 aliphatic heterocycles. The van der Waals surface area contributed by atoms with Crippen LogP contribution in [0.4, 0.5) is 0 Å². The van der Waals surface area contributed by atoms with Gasteiger partial charge in [0.25, 0.3) is 0 Å². The van der Waals surface area contributed by atoms with Gasteiger partial charge in [-0.2, -0.15) is 5.26 Å². The van der Waals surface area contributed by atoms with Crippen molar-refractivity contribution >= 4 is 15.8 Å². The Bertz CT molecular complexity index is 510. The summed E-state index contributed by atoms with van der Waals surface area (Å²) in [6.45, 7) is 0. The Hall–Kier alpha value is -1.87. The largest absolute Gasteiger partial charge is 0.549 e. The first-order chi connectivity index (χ1) is 6.95. The van der Waals surface area contributed by atoms with Crippen LogP contribution in [0.5, 0.6) is 0 Å². The van der Waals surface area contributed by atoms with Crippen LogP contribution in [0.3, 0.4) is 0 Å². The highest BCUT2D eigenvalue weighted by Crippen LogP contribution is 2.11. The zero-order chi connectivity index (χ0) is 11.5. The van der Waals surface area contributed by atoms with Crippen molar-refractivity contribution in [1.82, 2.24) is 0 Å². The van der Waals surface area contributed by atoms with E-state index in [1.807, 2.05) is 6.07 Å². The molecule has 0 unspecified atom stereocenters. The number of carboxylic acid groups (broad SMARTS) is 1. The number of nitrogens with zero attached hydrogens (tertiary/aromatic N) is 1. The van der Waals surface area contributed by atoms with E-state index in [9.17, 15) is 18.3 Å². The van der Waals surface area contributed by atoms with Crippen molar-refractivity contribution in [2.45, 2.75) is 4.90 Å². The lowest BCUT2D eigenvalue weighted by Gasteiger charge is -2.04. The number of aliphatic carboxylic acids is 1. The van der Waals surface area contributed by atoms with E-state index >= 15 is 0 Å². The monoisotopic (exact) mass is 224 g/mol. The van der Waals surface area contributed by atoms with Gasteiger partial charge in [0.2, 0.25) is 0 Å². The smallest absolute Gasteiger partial charge is 0.183 e. The van der Waals surface area contributed by atoms with Gasteiger partial charge in [0.1, 0.15) is 0 Å². The van der Waals surface area contributed by atoms with Gasteiger partial charge in [-0.1, -0.05) is 0 Å². The number of rotatable bonds is 3. The van der Waals surface area contributed by atoms with E-state index < -0.39 is 21.6 Å². The number of benzene rings is 1. The minimum atomic E-state index is -3.86. The molecule has 1 aromatic carbocycles. The number of hydrogen-bond donors (Lipinski definition) is 0. The second kappa shape index (κ2) is 4.11. The summed E-state index contributed by atoms with van der Waals surface area (Å²) in [5.74, 6) is -2.71. The minimum absolute atomic E-state index is 0.134. The maximum atomic E-state index is 11.3. The molecule has 5 nitrogen and oxygen atoms in total. The fourth-order valence-corrected chi connectivity index (χ4v) is 2.00. The molecule has 6 heteroatoms. The van der Waals surface area contributed by atoms with Crippen LogP contribution in [0.1, 0.15) is 5.56 Å². The molecule has 0 atom stereocenters. The van der Waals surface area contributed by atoms with E-state index in [-0.39, 0.29) is 4.90 Å². The SMILES string of the molecule is N#Cc1ccc(S(=O)(=O)CC(=O)[O-])cc1. The highest BCUT2D eigenvalue weighted by molar-refractivity contribution is 7.92. The number of nitriles is 1. The Labute approximate surface area is 86.5 Å². The summed E-state index contributed by atoms with van der Waals surface area (Å²) >= 11 is 0. The van der Waals surface area contributed by atoms with E-state index in [4.69, 9.17) is 5.26 Å². The van der Waals surface area contributed by atoms with Crippen LogP contribution in [0.25, 0.3) is 0 Å². The summed E-state index contributed by atoms with van der Waals surface area (Å²) in [7, 11) is -3.86. The van der Waals surface area contributed by atoms with Crippen LogP contribution in [0.2, 0.25) is 0 Å². The van der Waals surface area contributed by atoms with Crippen molar-refractivity contribution < 1.29 is 18.3 Å². The highest BCUT2D eigenvalue weighted by atomic mass is 32.2. The van der Waals surface area contributed by atoms with Crippen LogP contribution >= 0.6 is 0 Å². The lowest BCUT2D eigenvalue weighted by Crippen LogP contribution is -2.30. The van der Waals surface area contributed by atoms with Crippen LogP contribution in [0.15, 0.2) is 29.2 Å². The summed E-state index contributed by atoms with van der Waals surface area (Å²) in [4.78, 5) is 10.0. The molecule has 0 aliphatic carbocycles. The van der Waals surface area contributed by atoms with Gasteiger partial charge in [0.05, 0.1) is 28.3 Å². The fourth-order valence-electron chi connectivity index (χ4n) is 0.975. The molecule has 0 saturated carbocycles. The number of carbonyl (C=O) groups is 1. The van der Waals surface area contributed by atoms with Crippen molar-refractivity contribution in [3.05, 3.63) is 29.8 Å². The lowest BCUT2D eigenvalue weighted by atomic mass is 10.2. The molecule has 1 aromatic rings. The standard InChI is InChI=1S/C9H7NO4S/c10-5-7-1-3-8(4-2-7)15(13,14)6-9(11)12/h1-4H,6H2,(H,11,12)/p-1. The van der Waals surface area contributed by atoms with Crippen LogP contribution in [-0.4, -0.2) is 20.1 Å². The van der Waals surface area contributed by atoms with Crippen LogP contribution in [0, 0.1) is 11.3 Å². The maximum absolute atomic E-state index is 11.3. The molecule has 1 rings (SSSR count). The zero-order valence-corrected chi connectivity index (χ0v) is 8.32. The molecular weight excluding hydrogens is 218 g/mol. The Morgan fingerprint density at radius 3 is 2.27 bits per heavy atom. The first kappa shape index (κ1) is 11.2. The summed E-state index contributed by atoms with van der Waals surface area (Å²) in [5, 5.41) is 18.6. The Kier molecular flexibility index (Phi) is 3.07. The number of sulfone groups is 1. The summed E-state index contributed by atoms with van der Waals surface area (Å²) in [6, 6.07) is 6.82. The van der Waals surface area contributed by atoms with Crippen LogP contribution in [-0.2, 0) is 14.6 Å². The first-order valence-electron chi connectivity index (χ1n) is 3.88. The zero-order valence-electron chi connectivity index (χ0n) is 7.50. The average molecular weight is 224 g/mol. The van der Waals surface area contributed by atoms with E-state index in [2.05, 4.69) is 0 Å². The van der Waals surface area contributed by atoms with Crippen molar-refractivity contribution in [2.24, 2.45) is 0 Å². The van der Waals surface area contributed by atoms with Crippen molar-refractivity contribution in [1.29, 1.82) is 5.26 Å². The van der Waals surface area contributed by atoms with Gasteiger partial charge in [-0.05, 0) is 24.3 Å². The molecule has 0 saturated heterocycles. The molecule has 0 N–H and O–H groups in total. The molecular formula is C9H6NO4S-. The number of hydrogen-bond acceptors (Lipinski definition) is 5. The molecule has 0 aliphatic rings. The Balaban J connectivity index is 3.07. The van der Waals surface area contributed by atoms with Gasteiger partial charge in [-0.3, -0.25) is 0 Å². The normalized spacial score (nSPS) is 10.6. The van der Waals surface area contributed by atoms with Gasteiger partial charge in [-0.25, -0.2) is 8.42 Å². The summed E-state index contributed by atoms with van der Waals surface area (Å²) in [6.07, 6.45) is 0. The van der Waals surface area contributed by atoms with Crippen molar-refractivity contribution in [3.8, 4) is 6.07 Å². The molecule has 78 valence electrons. The quantitative estimate of drug-likeness (QED) is 0.661. The third-order valence-corrected chi connectivity index (χ3v) is 3.26. The second-order valence-electron chi connectivity index (χ2n) is 2.77. The molecule has 0 amide bonds. The topological polar surface area (TPSA) is 98.1 Å². The lowest BCUT2D eigenvalue weighted by molar-refractivity contribution is -0.301. The van der Waals surface area contributed by atoms with Gasteiger partial charge in [-0.15, -0.1) is 0 Å². The highest BCUT2D eigenvalue weighted by Gasteiger charge is 2.14. The van der Waals surface area contributed by atoms with Gasteiger partial charge < -0.3 is 9.90 Å². The van der Waals surface area contributed by atoms with E-state index in [1.165, 1.54) is 24.3 Å². The van der Waals surface area contributed by atoms with Gasteiger partial charge in [0.15, 0.2) is 9.84 Å². The third-order valence-electron chi connectivity index (χ3n) is 1.65. The molecule has 0 aromatic heterocycles. The molecule has 15 heavy (non-hydrogen) atoms. The van der Waals surface area contributed by atoms with E-state index in [1.54, 1.807) is 0 Å². The van der Waals surface area contributed by atoms with Gasteiger partial charge >= 0.3 is 0 Å². The predicted molar refractivity (Wildman–Crippen MR) is 48.2 cm³/mol. The van der Waals surface area contributed by atoms with Crippen LogP contribution < -0.4 is 5.11 Å². The number of carbonyl (C=O) groups excluding carboxylic acids is 1. The minimum Gasteiger partial charge on any atom is -0.549 e. The number of carboxylic acids is 1. The summed E-state index contributed by atoms with van der Waals surface area (Å²) in [5.41, 5.74) is 0.308. The average Bonchev–Trinajstić information content (AvgIpc) is 2.16. The van der Waals surface area contributed by atoms with Crippen molar-refractivity contribution in [2.75, 3.05) is 5.75 Å². The molecule has 0 bridgehead atoms. The molecule has 0 spiro atoms. The molecule has 0 radical (unpaired) electrons. The first-order valence-corrected chi connectivity index (χ1v) is 5.54. The summed E-state index contributed by atoms with van der Waals surface area (Å²) < 4.78 is 22.7. The molecule has 0 heterocycles. The second-order valence-corrected chi connectivity index (χ2v) is 4.76. The van der Waals surface area contributed by atoms with Gasteiger partial charge in [0, 0.05) is 0 Å². The van der Waals surface area contributed by atoms with E-state index in [0.717, 1.165) is 0 Å². The van der Waals surface area contributed by atoms with E-state index in [0.29, 0.717) is 5.56 Å². The Morgan fingerprint density at radius 1 is 1.33 bits per heavy atom. The Morgan fingerprint density at radius 2 is 1.87 bits per heavy atom. The predicted octanol–water partition coefficient (Wildman–Crippen LogP) is -0.918. The molecule has 0 fully saturated rings. The van der Waals surface area contributed by atoms with Crippen molar-refractivity contribution in [3.63, 3.8) is 0 Å². The third kappa shape index (κ3) is 2.79.